The zero-order valence-electron chi connectivity index (χ0n) is 26.8. The van der Waals surface area contributed by atoms with Crippen molar-refractivity contribution in [3.63, 3.8) is 0 Å². The van der Waals surface area contributed by atoms with Crippen molar-refractivity contribution < 1.29 is 38.1 Å². The van der Waals surface area contributed by atoms with Gasteiger partial charge in [-0.1, -0.05) is 29.8 Å². The zero-order chi connectivity index (χ0) is 33.9. The van der Waals surface area contributed by atoms with Gasteiger partial charge in [-0.15, -0.1) is 0 Å². The number of anilines is 1. The predicted octanol–water partition coefficient (Wildman–Crippen LogP) is 4.85. The third kappa shape index (κ3) is 7.51. The number of carboxylic acid groups (broad SMARTS) is 1. The number of nitrogens with zero attached hydrogens (tertiary/aromatic N) is 3. The molecule has 1 saturated carbocycles. The first-order valence-electron chi connectivity index (χ1n) is 15.8. The van der Waals surface area contributed by atoms with Crippen LogP contribution in [0.2, 0.25) is 5.02 Å². The predicted molar refractivity (Wildman–Crippen MR) is 174 cm³/mol. The molecule has 0 radical (unpaired) electrons. The summed E-state index contributed by atoms with van der Waals surface area (Å²) in [6.45, 7) is 0.450. The number of hydrogen-bond acceptors (Lipinski definition) is 7. The van der Waals surface area contributed by atoms with Crippen LogP contribution in [0, 0.1) is 11.7 Å². The van der Waals surface area contributed by atoms with Gasteiger partial charge in [-0.3, -0.25) is 19.2 Å². The molecule has 0 bridgehead atoms. The molecule has 11 nitrogen and oxygen atoms in total. The van der Waals surface area contributed by atoms with Crippen molar-refractivity contribution >= 4 is 51.8 Å². The third-order valence-electron chi connectivity index (χ3n) is 8.99. The van der Waals surface area contributed by atoms with Crippen LogP contribution in [0.4, 0.5) is 10.1 Å². The number of Topliss-reactive ketones (excluding diaryl/α,β-unsaturated/α-hetero) is 1. The molecule has 2 heterocycles. The maximum absolute atomic E-state index is 15.7. The summed E-state index contributed by atoms with van der Waals surface area (Å²) in [6.07, 6.45) is 3.75. The highest BCUT2D eigenvalue weighted by atomic mass is 35.5. The minimum atomic E-state index is -2.00. The van der Waals surface area contributed by atoms with Gasteiger partial charge in [0.05, 0.1) is 28.3 Å². The Morgan fingerprint density at radius 1 is 1.09 bits per heavy atom. The van der Waals surface area contributed by atoms with Crippen LogP contribution < -0.4 is 5.32 Å². The molecule has 47 heavy (non-hydrogen) atoms. The summed E-state index contributed by atoms with van der Waals surface area (Å²) in [5.41, 5.74) is 1.26. The molecule has 2 aliphatic rings. The van der Waals surface area contributed by atoms with E-state index in [9.17, 15) is 24.3 Å². The van der Waals surface area contributed by atoms with Crippen molar-refractivity contribution in [2.24, 2.45) is 13.0 Å². The molecule has 3 aromatic rings. The van der Waals surface area contributed by atoms with Crippen molar-refractivity contribution in [3.8, 4) is 0 Å². The molecule has 1 aromatic heterocycles. The number of hydrogen-bond donors (Lipinski definition) is 2. The van der Waals surface area contributed by atoms with E-state index in [0.717, 1.165) is 29.8 Å². The molecule has 2 aromatic carbocycles. The lowest BCUT2D eigenvalue weighted by Gasteiger charge is -2.42. The van der Waals surface area contributed by atoms with Gasteiger partial charge in [-0.2, -0.15) is 0 Å². The van der Waals surface area contributed by atoms with Crippen molar-refractivity contribution in [2.75, 3.05) is 39.1 Å². The van der Waals surface area contributed by atoms with E-state index >= 15 is 4.39 Å². The number of fused-ring (bicyclic) bond motifs is 1. The molecule has 2 fully saturated rings. The highest BCUT2D eigenvalue weighted by molar-refractivity contribution is 6.34. The zero-order valence-corrected chi connectivity index (χ0v) is 27.5. The number of likely N-dealkylation sites (tertiary alicyclic amines) is 1. The van der Waals surface area contributed by atoms with Gasteiger partial charge in [0.25, 0.3) is 11.8 Å². The van der Waals surface area contributed by atoms with Crippen LogP contribution in [0.25, 0.3) is 10.9 Å². The quantitative estimate of drug-likeness (QED) is 0.262. The van der Waals surface area contributed by atoms with Gasteiger partial charge in [0.1, 0.15) is 12.4 Å². The summed E-state index contributed by atoms with van der Waals surface area (Å²) < 4.78 is 30.1. The van der Waals surface area contributed by atoms with Gasteiger partial charge in [0.2, 0.25) is 11.7 Å². The van der Waals surface area contributed by atoms with E-state index in [1.807, 2.05) is 35.9 Å². The topological polar surface area (TPSA) is 130 Å². The van der Waals surface area contributed by atoms with E-state index in [1.54, 1.807) is 25.2 Å². The Morgan fingerprint density at radius 3 is 2.43 bits per heavy atom. The molecular weight excluding hydrogens is 631 g/mol. The molecule has 252 valence electrons. The molecule has 1 saturated heterocycles. The van der Waals surface area contributed by atoms with Crippen LogP contribution in [-0.2, 0) is 37.3 Å². The van der Waals surface area contributed by atoms with Gasteiger partial charge in [-0.05, 0) is 62.3 Å². The summed E-state index contributed by atoms with van der Waals surface area (Å²) in [4.78, 5) is 54.7. The summed E-state index contributed by atoms with van der Waals surface area (Å²) in [5, 5.41) is 12.9. The molecular formula is C34H40ClFN4O7. The number of aromatic nitrogens is 1. The number of carboxylic acids is 1. The Hall–Kier alpha value is -3.84. The second kappa shape index (κ2) is 14.5. The number of nitrogens with one attached hydrogen (secondary N) is 1. The van der Waals surface area contributed by atoms with E-state index in [2.05, 4.69) is 5.32 Å². The lowest BCUT2D eigenvalue weighted by atomic mass is 9.87. The van der Waals surface area contributed by atoms with Crippen LogP contribution in [-0.4, -0.2) is 88.8 Å². The monoisotopic (exact) mass is 670 g/mol. The first-order chi connectivity index (χ1) is 22.4. The number of amides is 2. The second-order valence-electron chi connectivity index (χ2n) is 12.4. The van der Waals surface area contributed by atoms with Crippen LogP contribution in [0.5, 0.6) is 0 Å². The van der Waals surface area contributed by atoms with Crippen LogP contribution in [0.3, 0.4) is 0 Å². The van der Waals surface area contributed by atoms with Crippen LogP contribution in [0.15, 0.2) is 42.6 Å². The number of aliphatic carboxylic acids is 1. The van der Waals surface area contributed by atoms with Gasteiger partial charge >= 0.3 is 5.97 Å². The maximum Gasteiger partial charge on any atom is 0.306 e. The minimum absolute atomic E-state index is 0.0335. The Bertz CT molecular complexity index is 1660. The summed E-state index contributed by atoms with van der Waals surface area (Å²) >= 11 is 6.54. The number of likely N-dealkylation sites (N-methyl/N-ethyl adjacent to an activating group) is 1. The SMILES string of the molecule is CN(C)C(=O)COC(OC1CCC(C(=O)O)CC1)(C(=O)Cc1cc(Cl)c(NC(=O)c2cn(C)c3ccccc23)cc1F)N1CCCC1. The number of rotatable bonds is 12. The van der Waals surface area contributed by atoms with Crippen molar-refractivity contribution in [1.29, 1.82) is 0 Å². The van der Waals surface area contributed by atoms with Crippen molar-refractivity contribution in [2.45, 2.75) is 57.0 Å². The smallest absolute Gasteiger partial charge is 0.306 e. The molecule has 0 spiro atoms. The van der Waals surface area contributed by atoms with E-state index in [-0.39, 0.29) is 22.2 Å². The van der Waals surface area contributed by atoms with Crippen LogP contribution >= 0.6 is 11.6 Å². The molecule has 5 rings (SSSR count). The number of aryl methyl sites for hydroxylation is 1. The number of halogens is 2. The lowest BCUT2D eigenvalue weighted by molar-refractivity contribution is -0.309. The summed E-state index contributed by atoms with van der Waals surface area (Å²) in [5.74, 6) is -5.61. The number of benzene rings is 2. The molecule has 2 amide bonds. The Balaban J connectivity index is 1.40. The average Bonchev–Trinajstić information content (AvgIpc) is 3.71. The highest BCUT2D eigenvalue weighted by Gasteiger charge is 2.50. The Kier molecular flexibility index (Phi) is 10.6. The molecule has 1 atom stereocenters. The lowest BCUT2D eigenvalue weighted by Crippen LogP contribution is -2.60. The average molecular weight is 671 g/mol. The second-order valence-corrected chi connectivity index (χ2v) is 12.8. The Labute approximate surface area is 277 Å². The Morgan fingerprint density at radius 2 is 1.77 bits per heavy atom. The van der Waals surface area contributed by atoms with E-state index in [4.69, 9.17) is 21.1 Å². The molecule has 1 aliphatic heterocycles. The highest BCUT2D eigenvalue weighted by Crippen LogP contribution is 2.35. The summed E-state index contributed by atoms with van der Waals surface area (Å²) in [7, 11) is 4.96. The molecule has 1 unspecified atom stereocenters. The normalized spacial score (nSPS) is 19.8. The maximum atomic E-state index is 15.7. The van der Waals surface area contributed by atoms with Gasteiger partial charge in [0, 0.05) is 57.8 Å². The van der Waals surface area contributed by atoms with E-state index in [1.165, 1.54) is 11.0 Å². The van der Waals surface area contributed by atoms with Crippen molar-refractivity contribution in [3.05, 3.63) is 64.6 Å². The summed E-state index contributed by atoms with van der Waals surface area (Å²) in [6, 6.07) is 9.78. The van der Waals surface area contributed by atoms with Gasteiger partial charge in [0.15, 0.2) is 0 Å². The third-order valence-corrected chi connectivity index (χ3v) is 9.30. The first kappa shape index (κ1) is 34.5. The first-order valence-corrected chi connectivity index (χ1v) is 16.1. The van der Waals surface area contributed by atoms with Gasteiger partial charge < -0.3 is 29.4 Å². The number of carbonyl (C=O) groups is 4. The minimum Gasteiger partial charge on any atom is -0.481 e. The number of para-hydroxylation sites is 1. The molecule has 13 heteroatoms. The van der Waals surface area contributed by atoms with Gasteiger partial charge in [-0.25, -0.2) is 9.29 Å². The number of ether oxygens (including phenoxy) is 2. The fraction of sp³-hybridized carbons (Fsp3) is 0.471. The fourth-order valence-electron chi connectivity index (χ4n) is 6.29. The number of ketones is 1. The fourth-order valence-corrected chi connectivity index (χ4v) is 6.53. The van der Waals surface area contributed by atoms with E-state index in [0.29, 0.717) is 44.3 Å². The largest absolute Gasteiger partial charge is 0.481 e. The van der Waals surface area contributed by atoms with E-state index < -0.39 is 54.4 Å². The molecule has 2 N–H and O–H groups in total. The molecule has 1 aliphatic carbocycles. The number of carbonyl (C=O) groups excluding carboxylic acids is 3. The van der Waals surface area contributed by atoms with Crippen molar-refractivity contribution in [1.82, 2.24) is 14.4 Å². The van der Waals surface area contributed by atoms with Crippen LogP contribution in [0.1, 0.15) is 54.4 Å². The standard InChI is InChI=1S/C34H40ClFN4O7/c1-38(2)31(42)20-46-34(40-14-6-7-15-40,47-23-12-10-21(11-13-23)33(44)45)30(41)17-22-16-26(35)28(18-27(22)36)37-32(43)25-19-39(3)29-9-5-4-8-24(25)29/h4-5,8-9,16,18-19,21,23H,6-7,10-15,17,20H2,1-3H3,(H,37,43)(H,44,45).